The van der Waals surface area contributed by atoms with Gasteiger partial charge >= 0.3 is 50.7 Å². The number of hydrogen-bond donors (Lipinski definition) is 0. The topological polar surface area (TPSA) is 12.9 Å². The van der Waals surface area contributed by atoms with Crippen LogP contribution in [0, 0.1) is 0 Å². The van der Waals surface area contributed by atoms with Gasteiger partial charge in [-0.1, -0.05) is 0 Å². The van der Waals surface area contributed by atoms with Crippen molar-refractivity contribution in [1.29, 1.82) is 0 Å². The number of nitrogens with zero attached hydrogens (tertiary/aromatic N) is 1. The minimum atomic E-state index is 1.13. The van der Waals surface area contributed by atoms with Gasteiger partial charge in [0.2, 0.25) is 0 Å². The van der Waals surface area contributed by atoms with Crippen LogP contribution >= 0.6 is 0 Å². The molecule has 0 spiro atoms. The van der Waals surface area contributed by atoms with E-state index >= 15 is 0 Å². The van der Waals surface area contributed by atoms with E-state index in [0.717, 1.165) is 4.48 Å². The first-order valence-corrected chi connectivity index (χ1v) is 3.27. The Hall–Kier alpha value is -0.292. The Morgan fingerprint density at radius 2 is 2.29 bits per heavy atom. The molecule has 36 valence electrons. The summed E-state index contributed by atoms with van der Waals surface area (Å²) >= 11 is 1.56. The summed E-state index contributed by atoms with van der Waals surface area (Å²) in [6.45, 7) is 0. The second kappa shape index (κ2) is 2.13. The van der Waals surface area contributed by atoms with E-state index in [1.54, 1.807) is 23.0 Å². The van der Waals surface area contributed by atoms with E-state index < -0.39 is 0 Å². The van der Waals surface area contributed by atoms with Crippen molar-refractivity contribution in [2.75, 3.05) is 0 Å². The van der Waals surface area contributed by atoms with Crippen LogP contribution in [-0.4, -0.2) is 21.8 Å². The van der Waals surface area contributed by atoms with E-state index in [-0.39, 0.29) is 0 Å². The first-order chi connectivity index (χ1) is 3.39. The molecule has 0 aliphatic rings. The maximum absolute atomic E-state index is 4.01. The monoisotopic (exact) mass is 155 g/mol. The molecule has 1 rings (SSSR count). The zero-order valence-corrected chi connectivity index (χ0v) is 6.26. The SMILES string of the molecule is [AsH2]c1ccccn1. The molecular formula is C5H6AsN. The molecule has 1 atom stereocenters. The molecule has 1 heterocycles. The summed E-state index contributed by atoms with van der Waals surface area (Å²) in [5, 5.41) is 0. The molecule has 0 saturated heterocycles. The first kappa shape index (κ1) is 4.86. The van der Waals surface area contributed by atoms with Gasteiger partial charge in [0, 0.05) is 0 Å². The van der Waals surface area contributed by atoms with E-state index in [1.807, 2.05) is 18.2 Å². The fourth-order valence-corrected chi connectivity index (χ4v) is 0.790. The number of aromatic nitrogens is 1. The number of hydrogen-bond acceptors (Lipinski definition) is 1. The third-order valence-corrected chi connectivity index (χ3v) is 1.40. The van der Waals surface area contributed by atoms with E-state index in [4.69, 9.17) is 0 Å². The van der Waals surface area contributed by atoms with Gasteiger partial charge in [-0.05, 0) is 0 Å². The van der Waals surface area contributed by atoms with Gasteiger partial charge < -0.3 is 0 Å². The molecule has 0 fully saturated rings. The summed E-state index contributed by atoms with van der Waals surface area (Å²) in [5.41, 5.74) is 0. The second-order valence-electron chi connectivity index (χ2n) is 1.25. The maximum atomic E-state index is 4.01. The van der Waals surface area contributed by atoms with Crippen molar-refractivity contribution in [3.8, 4) is 0 Å². The predicted octanol–water partition coefficient (Wildman–Crippen LogP) is -0.660. The zero-order chi connectivity index (χ0) is 5.11. The Labute approximate surface area is 51.3 Å². The average Bonchev–Trinajstić information content (AvgIpc) is 1.69. The molecule has 2 heteroatoms. The summed E-state index contributed by atoms with van der Waals surface area (Å²) in [4.78, 5) is 4.01. The van der Waals surface area contributed by atoms with Crippen molar-refractivity contribution in [3.63, 3.8) is 0 Å². The van der Waals surface area contributed by atoms with Crippen LogP contribution in [0.2, 0.25) is 0 Å². The van der Waals surface area contributed by atoms with E-state index in [1.165, 1.54) is 0 Å². The van der Waals surface area contributed by atoms with Crippen LogP contribution in [0.3, 0.4) is 0 Å². The van der Waals surface area contributed by atoms with Crippen molar-refractivity contribution in [2.45, 2.75) is 0 Å². The minimum absolute atomic E-state index is 1.13. The third-order valence-electron chi connectivity index (χ3n) is 0.688. The van der Waals surface area contributed by atoms with Gasteiger partial charge in [0.1, 0.15) is 0 Å². The molecule has 0 aliphatic carbocycles. The Morgan fingerprint density at radius 1 is 1.43 bits per heavy atom. The molecule has 1 aromatic rings. The molecular weight excluding hydrogens is 149 g/mol. The van der Waals surface area contributed by atoms with Crippen molar-refractivity contribution < 1.29 is 0 Å². The van der Waals surface area contributed by atoms with Crippen molar-refractivity contribution in [1.82, 2.24) is 4.98 Å². The van der Waals surface area contributed by atoms with Crippen LogP contribution in [0.1, 0.15) is 0 Å². The van der Waals surface area contributed by atoms with Crippen LogP contribution in [-0.2, 0) is 0 Å². The van der Waals surface area contributed by atoms with Gasteiger partial charge in [0.05, 0.1) is 0 Å². The van der Waals surface area contributed by atoms with Gasteiger partial charge in [0.15, 0.2) is 0 Å². The molecule has 1 aromatic heterocycles. The quantitative estimate of drug-likeness (QED) is 0.453. The van der Waals surface area contributed by atoms with Gasteiger partial charge in [-0.2, -0.15) is 0 Å². The van der Waals surface area contributed by atoms with E-state index in [0.29, 0.717) is 0 Å². The summed E-state index contributed by atoms with van der Waals surface area (Å²) in [7, 11) is 0. The van der Waals surface area contributed by atoms with Crippen LogP contribution in [0.5, 0.6) is 0 Å². The van der Waals surface area contributed by atoms with Crippen LogP contribution in [0.15, 0.2) is 24.4 Å². The molecule has 1 nitrogen and oxygen atoms in total. The van der Waals surface area contributed by atoms with E-state index in [9.17, 15) is 0 Å². The third kappa shape index (κ3) is 1.32. The van der Waals surface area contributed by atoms with Gasteiger partial charge in [-0.15, -0.1) is 0 Å². The molecule has 0 radical (unpaired) electrons. The fourth-order valence-electron chi connectivity index (χ4n) is 0.376. The van der Waals surface area contributed by atoms with Gasteiger partial charge in [0.25, 0.3) is 0 Å². The Kier molecular flexibility index (Phi) is 1.48. The summed E-state index contributed by atoms with van der Waals surface area (Å²) < 4.78 is 1.13. The molecule has 0 aliphatic heterocycles. The van der Waals surface area contributed by atoms with Crippen LogP contribution < -0.4 is 4.48 Å². The van der Waals surface area contributed by atoms with Crippen LogP contribution in [0.25, 0.3) is 0 Å². The summed E-state index contributed by atoms with van der Waals surface area (Å²) in [6, 6.07) is 5.91. The fraction of sp³-hybridized carbons (Fsp3) is 0. The zero-order valence-electron chi connectivity index (χ0n) is 3.83. The summed E-state index contributed by atoms with van der Waals surface area (Å²) in [5.74, 6) is 0. The van der Waals surface area contributed by atoms with Crippen molar-refractivity contribution in [2.24, 2.45) is 0 Å². The van der Waals surface area contributed by atoms with Gasteiger partial charge in [-0.25, -0.2) is 0 Å². The first-order valence-electron chi connectivity index (χ1n) is 2.06. The molecule has 0 bridgehead atoms. The molecule has 0 aromatic carbocycles. The second-order valence-corrected chi connectivity index (χ2v) is 2.50. The predicted molar refractivity (Wildman–Crippen MR) is 32.4 cm³/mol. The molecule has 0 saturated carbocycles. The molecule has 1 unspecified atom stereocenters. The van der Waals surface area contributed by atoms with Gasteiger partial charge in [-0.3, -0.25) is 0 Å². The normalized spacial score (nSPS) is 8.71. The van der Waals surface area contributed by atoms with Crippen molar-refractivity contribution in [3.05, 3.63) is 24.4 Å². The van der Waals surface area contributed by atoms with Crippen LogP contribution in [0.4, 0.5) is 0 Å². The summed E-state index contributed by atoms with van der Waals surface area (Å²) in [6.07, 6.45) is 1.80. The average molecular weight is 155 g/mol. The number of pyridine rings is 1. The standard InChI is InChI=1S/C5H6AsN/c6-5-3-1-2-4-7-5/h1-4H,6H2. The molecule has 0 amide bonds. The Morgan fingerprint density at radius 3 is 2.57 bits per heavy atom. The van der Waals surface area contributed by atoms with E-state index in [2.05, 4.69) is 4.98 Å². The molecule has 0 N–H and O–H groups in total. The Bertz CT molecular complexity index is 138. The molecule has 7 heavy (non-hydrogen) atoms. The van der Waals surface area contributed by atoms with Crippen molar-refractivity contribution >= 4 is 21.3 Å². The Balaban J connectivity index is 3.02. The number of rotatable bonds is 0.